The summed E-state index contributed by atoms with van der Waals surface area (Å²) in [7, 11) is 0. The number of esters is 1. The number of carbonyl (C=O) groups excluding carboxylic acids is 1. The first kappa shape index (κ1) is 15.2. The van der Waals surface area contributed by atoms with Crippen LogP contribution in [-0.2, 0) is 16.1 Å². The zero-order valence-corrected chi connectivity index (χ0v) is 12.5. The molecule has 0 N–H and O–H groups in total. The fraction of sp³-hybridized carbons (Fsp3) is 0.333. The monoisotopic (exact) mass is 366 g/mol. The lowest BCUT2D eigenvalue weighted by Gasteiger charge is -2.24. The van der Waals surface area contributed by atoms with Crippen molar-refractivity contribution in [3.63, 3.8) is 0 Å². The van der Waals surface area contributed by atoms with E-state index >= 15 is 0 Å². The molecule has 108 valence electrons. The number of rotatable bonds is 5. The first-order chi connectivity index (χ1) is 9.47. The van der Waals surface area contributed by atoms with E-state index < -0.39 is 18.9 Å². The molecule has 0 saturated heterocycles. The van der Waals surface area contributed by atoms with Gasteiger partial charge in [0.2, 0.25) is 0 Å². The molecule has 0 fully saturated rings. The van der Waals surface area contributed by atoms with Gasteiger partial charge in [-0.25, -0.2) is 18.6 Å². The van der Waals surface area contributed by atoms with Gasteiger partial charge in [0.05, 0.1) is 12.2 Å². The van der Waals surface area contributed by atoms with Crippen molar-refractivity contribution < 1.29 is 18.3 Å². The van der Waals surface area contributed by atoms with Crippen LogP contribution in [0.2, 0.25) is 5.15 Å². The van der Waals surface area contributed by atoms with E-state index in [1.165, 1.54) is 11.1 Å². The number of halogens is 4. The molecule has 0 amide bonds. The summed E-state index contributed by atoms with van der Waals surface area (Å²) in [5, 5.41) is 0.328. The Balaban J connectivity index is 2.20. The Kier molecular flexibility index (Phi) is 4.93. The molecule has 0 atom stereocenters. The van der Waals surface area contributed by atoms with E-state index in [1.807, 2.05) is 0 Å². The molecule has 0 bridgehead atoms. The van der Waals surface area contributed by atoms with Crippen molar-refractivity contribution in [2.45, 2.75) is 13.0 Å². The molecular weight excluding hydrogens is 357 g/mol. The number of hydrogen-bond acceptors (Lipinski definition) is 4. The van der Waals surface area contributed by atoms with Crippen molar-refractivity contribution >= 4 is 33.5 Å². The van der Waals surface area contributed by atoms with Gasteiger partial charge in [-0.15, -0.1) is 0 Å². The molecular formula is C12H10BrClF2N2O2. The summed E-state index contributed by atoms with van der Waals surface area (Å²) in [4.78, 5) is 16.6. The molecule has 1 aromatic heterocycles. The first-order valence-corrected chi connectivity index (χ1v) is 6.83. The molecule has 1 aromatic rings. The fourth-order valence-electron chi connectivity index (χ4n) is 1.77. The highest BCUT2D eigenvalue weighted by Crippen LogP contribution is 2.26. The van der Waals surface area contributed by atoms with E-state index in [9.17, 15) is 13.6 Å². The molecule has 0 spiro atoms. The third-order valence-electron chi connectivity index (χ3n) is 2.67. The zero-order valence-electron chi connectivity index (χ0n) is 10.2. The van der Waals surface area contributed by atoms with Crippen molar-refractivity contribution in [3.05, 3.63) is 39.2 Å². The summed E-state index contributed by atoms with van der Waals surface area (Å²) in [5.41, 5.74) is 1.12. The van der Waals surface area contributed by atoms with Gasteiger partial charge >= 0.3 is 5.97 Å². The van der Waals surface area contributed by atoms with Crippen LogP contribution in [0.3, 0.4) is 0 Å². The highest BCUT2D eigenvalue weighted by Gasteiger charge is 2.28. The predicted octanol–water partition coefficient (Wildman–Crippen LogP) is 2.97. The van der Waals surface area contributed by atoms with Crippen LogP contribution in [0.4, 0.5) is 8.78 Å². The van der Waals surface area contributed by atoms with E-state index in [0.29, 0.717) is 16.4 Å². The normalized spacial score (nSPS) is 14.9. The maximum atomic E-state index is 12.7. The lowest BCUT2D eigenvalue weighted by molar-refractivity contribution is -0.135. The Hall–Kier alpha value is -1.21. The van der Waals surface area contributed by atoms with Gasteiger partial charge in [0, 0.05) is 12.7 Å². The summed E-state index contributed by atoms with van der Waals surface area (Å²) < 4.78 is 30.4. The smallest absolute Gasteiger partial charge is 0.347 e. The molecule has 0 unspecified atom stereocenters. The maximum absolute atomic E-state index is 12.7. The van der Waals surface area contributed by atoms with Crippen molar-refractivity contribution in [3.8, 4) is 0 Å². The summed E-state index contributed by atoms with van der Waals surface area (Å²) in [5.74, 6) is -0.548. The first-order valence-electron chi connectivity index (χ1n) is 5.66. The van der Waals surface area contributed by atoms with Crippen LogP contribution in [0, 0.1) is 0 Å². The van der Waals surface area contributed by atoms with Crippen LogP contribution >= 0.6 is 27.5 Å². The van der Waals surface area contributed by atoms with Crippen molar-refractivity contribution in [1.82, 2.24) is 9.88 Å². The third kappa shape index (κ3) is 3.67. The molecule has 8 heteroatoms. The van der Waals surface area contributed by atoms with Crippen LogP contribution in [0.25, 0.3) is 0 Å². The van der Waals surface area contributed by atoms with Crippen molar-refractivity contribution in [1.29, 1.82) is 0 Å². The number of hydrogen-bond donors (Lipinski definition) is 0. The Morgan fingerprint density at radius 2 is 2.25 bits per heavy atom. The molecule has 0 radical (unpaired) electrons. The van der Waals surface area contributed by atoms with E-state index in [-0.39, 0.29) is 17.6 Å². The lowest BCUT2D eigenvalue weighted by Crippen LogP contribution is -2.29. The van der Waals surface area contributed by atoms with Gasteiger partial charge in [-0.1, -0.05) is 17.7 Å². The Morgan fingerprint density at radius 3 is 2.75 bits per heavy atom. The minimum absolute atomic E-state index is 0.0207. The average molecular weight is 368 g/mol. The van der Waals surface area contributed by atoms with Gasteiger partial charge < -0.3 is 9.64 Å². The fourth-order valence-corrected chi connectivity index (χ4v) is 2.36. The summed E-state index contributed by atoms with van der Waals surface area (Å²) in [6.45, 7) is -0.327. The molecule has 0 saturated carbocycles. The molecule has 2 heterocycles. The zero-order chi connectivity index (χ0) is 14.7. The molecule has 4 nitrogen and oxygen atoms in total. The predicted molar refractivity (Wildman–Crippen MR) is 72.6 cm³/mol. The quantitative estimate of drug-likeness (QED) is 0.593. The number of pyridine rings is 1. The molecule has 0 aliphatic carbocycles. The Bertz CT molecular complexity index is 537. The van der Waals surface area contributed by atoms with E-state index in [2.05, 4.69) is 20.9 Å². The summed E-state index contributed by atoms with van der Waals surface area (Å²) in [6.07, 6.45) is -1.02. The van der Waals surface area contributed by atoms with Crippen LogP contribution in [-0.4, -0.2) is 35.4 Å². The highest BCUT2D eigenvalue weighted by molar-refractivity contribution is 9.12. The highest BCUT2D eigenvalue weighted by atomic mass is 79.9. The van der Waals surface area contributed by atoms with Crippen LogP contribution in [0.5, 0.6) is 0 Å². The number of carbonyl (C=O) groups is 1. The number of cyclic esters (lactones) is 1. The van der Waals surface area contributed by atoms with Gasteiger partial charge in [0.25, 0.3) is 6.43 Å². The van der Waals surface area contributed by atoms with Gasteiger partial charge in [0.1, 0.15) is 16.2 Å². The topological polar surface area (TPSA) is 42.4 Å². The SMILES string of the molecule is O=C1OCC(N(Cc2ccc(Cl)nc2)CC(F)F)=C1Br. The minimum atomic E-state index is -2.53. The standard InChI is InChI=1S/C12H10BrClF2N2O2/c13-11-8(6-20-12(11)19)18(5-10(15)16)4-7-1-2-9(14)17-3-7/h1-3,10H,4-6H2. The number of alkyl halides is 2. The second-order valence-electron chi connectivity index (χ2n) is 4.10. The average Bonchev–Trinajstić information content (AvgIpc) is 2.71. The summed E-state index contributed by atoms with van der Waals surface area (Å²) in [6, 6.07) is 3.27. The molecule has 0 aromatic carbocycles. The van der Waals surface area contributed by atoms with Gasteiger partial charge in [-0.3, -0.25) is 0 Å². The third-order valence-corrected chi connectivity index (χ3v) is 3.68. The largest absolute Gasteiger partial charge is 0.455 e. The molecule has 20 heavy (non-hydrogen) atoms. The van der Waals surface area contributed by atoms with E-state index in [4.69, 9.17) is 16.3 Å². The second kappa shape index (κ2) is 6.49. The molecule has 1 aliphatic rings. The van der Waals surface area contributed by atoms with Gasteiger partial charge in [0.15, 0.2) is 0 Å². The Labute approximate surface area is 127 Å². The number of ether oxygens (including phenoxy) is 1. The van der Waals surface area contributed by atoms with Crippen LogP contribution in [0.15, 0.2) is 28.5 Å². The van der Waals surface area contributed by atoms with E-state index in [0.717, 1.165) is 0 Å². The molecule has 2 rings (SSSR count). The van der Waals surface area contributed by atoms with E-state index in [1.54, 1.807) is 12.1 Å². The number of aromatic nitrogens is 1. The van der Waals surface area contributed by atoms with Crippen LogP contribution in [0.1, 0.15) is 5.56 Å². The maximum Gasteiger partial charge on any atom is 0.347 e. The lowest BCUT2D eigenvalue weighted by atomic mass is 10.2. The van der Waals surface area contributed by atoms with Crippen molar-refractivity contribution in [2.24, 2.45) is 0 Å². The molecule has 1 aliphatic heterocycles. The Morgan fingerprint density at radius 1 is 1.50 bits per heavy atom. The number of nitrogens with zero attached hydrogens (tertiary/aromatic N) is 2. The van der Waals surface area contributed by atoms with Crippen molar-refractivity contribution in [2.75, 3.05) is 13.2 Å². The second-order valence-corrected chi connectivity index (χ2v) is 5.28. The van der Waals surface area contributed by atoms with Crippen LogP contribution < -0.4 is 0 Å². The summed E-state index contributed by atoms with van der Waals surface area (Å²) >= 11 is 8.74. The minimum Gasteiger partial charge on any atom is -0.455 e. The van der Waals surface area contributed by atoms with Gasteiger partial charge in [-0.05, 0) is 27.6 Å². The van der Waals surface area contributed by atoms with Gasteiger partial charge in [-0.2, -0.15) is 0 Å².